The van der Waals surface area contributed by atoms with Gasteiger partial charge in [-0.25, -0.2) is 0 Å². The van der Waals surface area contributed by atoms with E-state index in [-0.39, 0.29) is 5.91 Å². The molecule has 2 heterocycles. The van der Waals surface area contributed by atoms with Gasteiger partial charge in [-0.1, -0.05) is 6.92 Å². The van der Waals surface area contributed by atoms with Gasteiger partial charge in [-0.05, 0) is 37.7 Å². The molecule has 3 rings (SSSR count). The average molecular weight is 349 g/mol. The number of anilines is 1. The van der Waals surface area contributed by atoms with E-state index in [0.29, 0.717) is 18.0 Å². The van der Waals surface area contributed by atoms with E-state index < -0.39 is 0 Å². The molecule has 1 saturated heterocycles. The van der Waals surface area contributed by atoms with E-state index in [0.717, 1.165) is 50.4 Å². The molecule has 1 aromatic rings. The molecule has 1 unspecified atom stereocenters. The van der Waals surface area contributed by atoms with Gasteiger partial charge in [0.25, 0.3) is 5.91 Å². The van der Waals surface area contributed by atoms with Crippen molar-refractivity contribution in [2.24, 2.45) is 5.92 Å². The van der Waals surface area contributed by atoms with Crippen molar-refractivity contribution >= 4 is 22.2 Å². The molecule has 24 heavy (non-hydrogen) atoms. The number of amides is 1. The van der Waals surface area contributed by atoms with Crippen molar-refractivity contribution in [2.75, 3.05) is 44.6 Å². The number of nitrogens with one attached hydrogen (secondary N) is 3. The summed E-state index contributed by atoms with van der Waals surface area (Å²) < 4.78 is 0. The summed E-state index contributed by atoms with van der Waals surface area (Å²) in [4.78, 5) is 16.7. The average Bonchev–Trinajstić information content (AvgIpc) is 2.91. The highest BCUT2D eigenvalue weighted by molar-refractivity contribution is 7.16. The number of carbonyl (C=O) groups excluding carboxylic acids is 1. The van der Waals surface area contributed by atoms with E-state index >= 15 is 0 Å². The maximum Gasteiger partial charge on any atom is 0.280 e. The Morgan fingerprint density at radius 2 is 2.04 bits per heavy atom. The van der Waals surface area contributed by atoms with Gasteiger partial charge in [0.2, 0.25) is 0 Å². The van der Waals surface area contributed by atoms with Gasteiger partial charge in [0.05, 0.1) is 12.1 Å². The Hall–Kier alpha value is -1.42. The van der Waals surface area contributed by atoms with E-state index in [2.05, 4.69) is 25.2 Å². The second-order valence-corrected chi connectivity index (χ2v) is 8.35. The maximum atomic E-state index is 12.4. The Morgan fingerprint density at radius 3 is 2.71 bits per heavy atom. The molecule has 0 saturated carbocycles. The summed E-state index contributed by atoms with van der Waals surface area (Å²) in [5, 5.41) is 13.3. The van der Waals surface area contributed by atoms with Crippen LogP contribution in [0.15, 0.2) is 0 Å². The maximum absolute atomic E-state index is 12.4. The van der Waals surface area contributed by atoms with Gasteiger partial charge in [0.1, 0.15) is 37.2 Å². The van der Waals surface area contributed by atoms with Gasteiger partial charge in [-0.3, -0.25) is 4.79 Å². The minimum atomic E-state index is 0.0492. The fraction of sp³-hybridized carbons (Fsp3) is 0.667. The molecule has 1 atom stereocenters. The zero-order valence-corrected chi connectivity index (χ0v) is 15.5. The molecule has 1 aliphatic carbocycles. The molecule has 0 bridgehead atoms. The predicted molar refractivity (Wildman–Crippen MR) is 95.7 cm³/mol. The van der Waals surface area contributed by atoms with Crippen LogP contribution >= 0.6 is 11.3 Å². The van der Waals surface area contributed by atoms with Crippen LogP contribution in [0, 0.1) is 17.2 Å². The Labute approximate surface area is 148 Å². The molecule has 1 fully saturated rings. The van der Waals surface area contributed by atoms with Crippen molar-refractivity contribution in [3.63, 3.8) is 0 Å². The van der Waals surface area contributed by atoms with Gasteiger partial charge >= 0.3 is 0 Å². The van der Waals surface area contributed by atoms with Gasteiger partial charge < -0.3 is 15.1 Å². The standard InChI is InChI=1S/C18H26N4OS/c1-3-21-6-8-22(9-7-21)12-17(23)20-18-15(11-19)14-5-4-13(2)10-16(14)24-18/h13H,3-10,12H2,1-2H3,(H,20,23)/p+2. The normalized spacial score (nSPS) is 26.5. The van der Waals surface area contributed by atoms with Crippen LogP contribution in [0.2, 0.25) is 0 Å². The topological polar surface area (TPSA) is 61.8 Å². The molecular weight excluding hydrogens is 320 g/mol. The van der Waals surface area contributed by atoms with Crippen LogP contribution in [0.25, 0.3) is 0 Å². The van der Waals surface area contributed by atoms with Crippen molar-refractivity contribution in [3.05, 3.63) is 16.0 Å². The second kappa shape index (κ2) is 7.64. The van der Waals surface area contributed by atoms with Crippen LogP contribution in [0.4, 0.5) is 5.00 Å². The summed E-state index contributed by atoms with van der Waals surface area (Å²) in [7, 11) is 0. The lowest BCUT2D eigenvalue weighted by Crippen LogP contribution is -3.28. The van der Waals surface area contributed by atoms with Gasteiger partial charge in [-0.2, -0.15) is 5.26 Å². The molecule has 0 spiro atoms. The fourth-order valence-electron chi connectivity index (χ4n) is 3.84. The van der Waals surface area contributed by atoms with E-state index in [1.165, 1.54) is 21.9 Å². The first-order chi connectivity index (χ1) is 11.6. The number of nitriles is 1. The number of likely N-dealkylation sites (N-methyl/N-ethyl adjacent to an activating group) is 1. The largest absolute Gasteiger partial charge is 0.326 e. The van der Waals surface area contributed by atoms with Crippen LogP contribution < -0.4 is 15.1 Å². The van der Waals surface area contributed by atoms with E-state index in [1.54, 1.807) is 16.2 Å². The first kappa shape index (κ1) is 17.4. The number of piperazine rings is 1. The van der Waals surface area contributed by atoms with Crippen LogP contribution in [0.5, 0.6) is 0 Å². The van der Waals surface area contributed by atoms with Crippen molar-refractivity contribution < 1.29 is 14.6 Å². The summed E-state index contributed by atoms with van der Waals surface area (Å²) in [6.07, 6.45) is 3.15. The molecule has 3 N–H and O–H groups in total. The van der Waals surface area contributed by atoms with Crippen molar-refractivity contribution in [1.29, 1.82) is 5.26 Å². The van der Waals surface area contributed by atoms with Crippen molar-refractivity contribution in [2.45, 2.75) is 33.1 Å². The monoisotopic (exact) mass is 348 g/mol. The molecule has 0 radical (unpaired) electrons. The number of nitrogens with zero attached hydrogens (tertiary/aromatic N) is 1. The molecule has 0 aromatic carbocycles. The number of rotatable bonds is 4. The molecule has 6 heteroatoms. The number of quaternary nitrogens is 2. The third-order valence-corrected chi connectivity index (χ3v) is 6.62. The SMILES string of the molecule is CC[NH+]1CC[NH+](CC(=O)Nc2sc3c(c2C#N)CCC(C)C3)CC1. The molecule has 2 aliphatic rings. The Bertz CT molecular complexity index is 640. The first-order valence-electron chi connectivity index (χ1n) is 9.12. The number of carbonyl (C=O) groups is 1. The lowest BCUT2D eigenvalue weighted by Gasteiger charge is -2.28. The molecular formula is C18H28N4OS+2. The minimum absolute atomic E-state index is 0.0492. The molecule has 5 nitrogen and oxygen atoms in total. The Kier molecular flexibility index (Phi) is 5.54. The summed E-state index contributed by atoms with van der Waals surface area (Å²) >= 11 is 1.62. The van der Waals surface area contributed by atoms with Gasteiger partial charge in [0, 0.05) is 4.88 Å². The molecule has 1 aromatic heterocycles. The van der Waals surface area contributed by atoms with Gasteiger partial charge in [-0.15, -0.1) is 11.3 Å². The number of thiophene rings is 1. The van der Waals surface area contributed by atoms with E-state index in [4.69, 9.17) is 0 Å². The Morgan fingerprint density at radius 1 is 1.33 bits per heavy atom. The smallest absolute Gasteiger partial charge is 0.280 e. The van der Waals surface area contributed by atoms with Crippen LogP contribution in [0.1, 0.15) is 36.3 Å². The van der Waals surface area contributed by atoms with Crippen LogP contribution in [0.3, 0.4) is 0 Å². The zero-order valence-electron chi connectivity index (χ0n) is 14.7. The highest BCUT2D eigenvalue weighted by Gasteiger charge is 2.27. The van der Waals surface area contributed by atoms with E-state index in [9.17, 15) is 10.1 Å². The summed E-state index contributed by atoms with van der Waals surface area (Å²) in [5.74, 6) is 0.723. The number of fused-ring (bicyclic) bond motifs is 1. The van der Waals surface area contributed by atoms with Crippen molar-refractivity contribution in [3.8, 4) is 6.07 Å². The zero-order chi connectivity index (χ0) is 17.1. The van der Waals surface area contributed by atoms with E-state index in [1.807, 2.05) is 0 Å². The van der Waals surface area contributed by atoms with Gasteiger partial charge in [0.15, 0.2) is 6.54 Å². The van der Waals surface area contributed by atoms with Crippen LogP contribution in [-0.2, 0) is 17.6 Å². The fourth-order valence-corrected chi connectivity index (χ4v) is 5.22. The number of hydrogen-bond acceptors (Lipinski definition) is 3. The molecule has 1 aliphatic heterocycles. The second-order valence-electron chi connectivity index (χ2n) is 7.25. The predicted octanol–water partition coefficient (Wildman–Crippen LogP) is -0.514. The molecule has 1 amide bonds. The third-order valence-electron chi connectivity index (χ3n) is 5.45. The summed E-state index contributed by atoms with van der Waals surface area (Å²) in [6, 6.07) is 2.33. The van der Waals surface area contributed by atoms with Crippen LogP contribution in [-0.4, -0.2) is 45.2 Å². The highest BCUT2D eigenvalue weighted by Crippen LogP contribution is 2.39. The summed E-state index contributed by atoms with van der Waals surface area (Å²) in [6.45, 7) is 10.6. The molecule has 130 valence electrons. The minimum Gasteiger partial charge on any atom is -0.326 e. The lowest BCUT2D eigenvalue weighted by atomic mass is 9.89. The lowest BCUT2D eigenvalue weighted by molar-refractivity contribution is -1.01. The third kappa shape index (κ3) is 3.80. The Balaban J connectivity index is 1.62. The van der Waals surface area contributed by atoms with Crippen molar-refractivity contribution in [1.82, 2.24) is 0 Å². The quantitative estimate of drug-likeness (QED) is 0.686. The first-order valence-corrected chi connectivity index (χ1v) is 9.94. The highest BCUT2D eigenvalue weighted by atomic mass is 32.1. The number of hydrogen-bond donors (Lipinski definition) is 3. The summed E-state index contributed by atoms with van der Waals surface area (Å²) in [5.41, 5.74) is 1.90.